The Morgan fingerprint density at radius 1 is 1.12 bits per heavy atom. The Kier molecular flexibility index (Phi) is 5.14. The molecule has 0 spiro atoms. The summed E-state index contributed by atoms with van der Waals surface area (Å²) in [6, 6.07) is 16.3. The van der Waals surface area contributed by atoms with E-state index in [1.807, 2.05) is 37.4 Å². The van der Waals surface area contributed by atoms with E-state index in [1.54, 1.807) is 11.8 Å². The van der Waals surface area contributed by atoms with Gasteiger partial charge in [0, 0.05) is 17.6 Å². The first-order valence-corrected chi connectivity index (χ1v) is 9.39. The number of carbonyl (C=O) groups excluding carboxylic acids is 1. The number of unbranched alkanes of at least 4 members (excludes halogenated alkanes) is 2. The van der Waals surface area contributed by atoms with Crippen molar-refractivity contribution < 1.29 is 4.79 Å². The van der Waals surface area contributed by atoms with Crippen LogP contribution >= 0.6 is 11.8 Å². The van der Waals surface area contributed by atoms with Crippen molar-refractivity contribution in [3.8, 4) is 0 Å². The van der Waals surface area contributed by atoms with Gasteiger partial charge in [0.05, 0.1) is 5.69 Å². The molecule has 1 aliphatic rings. The Hall–Kier alpha value is -1.94. The molecule has 0 bridgehead atoms. The van der Waals surface area contributed by atoms with Crippen molar-refractivity contribution in [1.82, 2.24) is 0 Å². The molecule has 2 aromatic rings. The predicted octanol–water partition coefficient (Wildman–Crippen LogP) is 5.25. The van der Waals surface area contributed by atoms with E-state index in [0.29, 0.717) is 0 Å². The summed E-state index contributed by atoms with van der Waals surface area (Å²) in [4.78, 5) is 14.3. The van der Waals surface area contributed by atoms with Crippen molar-refractivity contribution in [2.75, 3.05) is 17.7 Å². The predicted molar refractivity (Wildman–Crippen MR) is 103 cm³/mol. The Bertz CT molecular complexity index is 731. The number of nitrogens with one attached hydrogen (secondary N) is 2. The Morgan fingerprint density at radius 3 is 2.75 bits per heavy atom. The molecule has 1 atom stereocenters. The normalized spacial score (nSPS) is 19.5. The number of fused-ring (bicyclic) bond motifs is 1. The van der Waals surface area contributed by atoms with Crippen LogP contribution in [0.2, 0.25) is 0 Å². The number of thioether (sulfide) groups is 1. The van der Waals surface area contributed by atoms with Crippen molar-refractivity contribution in [2.45, 2.75) is 42.2 Å². The van der Waals surface area contributed by atoms with Crippen molar-refractivity contribution >= 4 is 29.0 Å². The van der Waals surface area contributed by atoms with E-state index in [0.717, 1.165) is 47.5 Å². The third-order valence-corrected chi connectivity index (χ3v) is 6.09. The fourth-order valence-electron chi connectivity index (χ4n) is 3.17. The second-order valence-electron chi connectivity index (χ2n) is 6.17. The van der Waals surface area contributed by atoms with Gasteiger partial charge in [-0.2, -0.15) is 0 Å². The standard InChI is InChI=1S/C20H24N2OS/c1-3-4-7-13-20(15-9-8-10-16(14-15)21-2)19(23)22-17-11-5-6-12-18(17)24-20/h5-6,8-12,14,21H,3-4,7,13H2,1-2H3,(H,22,23). The molecule has 1 amide bonds. The number of hydrogen-bond donors (Lipinski definition) is 2. The first kappa shape index (κ1) is 16.9. The largest absolute Gasteiger partial charge is 0.388 e. The van der Waals surface area contributed by atoms with Gasteiger partial charge in [0.1, 0.15) is 4.75 Å². The molecule has 3 nitrogen and oxygen atoms in total. The molecule has 0 aliphatic carbocycles. The quantitative estimate of drug-likeness (QED) is 0.706. The van der Waals surface area contributed by atoms with E-state index in [2.05, 4.69) is 35.8 Å². The van der Waals surface area contributed by atoms with Crippen molar-refractivity contribution in [2.24, 2.45) is 0 Å². The van der Waals surface area contributed by atoms with Crippen LogP contribution in [-0.2, 0) is 9.54 Å². The van der Waals surface area contributed by atoms with Crippen LogP contribution in [0.15, 0.2) is 53.4 Å². The highest BCUT2D eigenvalue weighted by molar-refractivity contribution is 8.01. The van der Waals surface area contributed by atoms with Gasteiger partial charge in [-0.25, -0.2) is 0 Å². The van der Waals surface area contributed by atoms with Gasteiger partial charge in [-0.05, 0) is 36.2 Å². The van der Waals surface area contributed by atoms with Gasteiger partial charge in [0.15, 0.2) is 0 Å². The monoisotopic (exact) mass is 340 g/mol. The minimum atomic E-state index is -0.559. The number of para-hydroxylation sites is 1. The van der Waals surface area contributed by atoms with Crippen molar-refractivity contribution in [3.63, 3.8) is 0 Å². The second-order valence-corrected chi connectivity index (χ2v) is 7.51. The average molecular weight is 340 g/mol. The highest BCUT2D eigenvalue weighted by Gasteiger charge is 2.44. The van der Waals surface area contributed by atoms with Crippen LogP contribution in [0.3, 0.4) is 0 Å². The zero-order valence-electron chi connectivity index (χ0n) is 14.3. The summed E-state index contributed by atoms with van der Waals surface area (Å²) in [6.07, 6.45) is 4.18. The summed E-state index contributed by atoms with van der Waals surface area (Å²) in [5.74, 6) is 0.0931. The summed E-state index contributed by atoms with van der Waals surface area (Å²) < 4.78 is -0.559. The number of rotatable bonds is 6. The lowest BCUT2D eigenvalue weighted by Gasteiger charge is -2.37. The summed E-state index contributed by atoms with van der Waals surface area (Å²) in [6.45, 7) is 2.19. The molecule has 0 saturated carbocycles. The number of hydrogen-bond acceptors (Lipinski definition) is 3. The van der Waals surface area contributed by atoms with E-state index in [1.165, 1.54) is 0 Å². The summed E-state index contributed by atoms with van der Waals surface area (Å²) in [7, 11) is 1.91. The highest BCUT2D eigenvalue weighted by Crippen LogP contribution is 2.51. The van der Waals surface area contributed by atoms with Gasteiger partial charge in [-0.1, -0.05) is 50.5 Å². The molecule has 0 saturated heterocycles. The van der Waals surface area contributed by atoms with Crippen LogP contribution < -0.4 is 10.6 Å². The molecule has 1 aliphatic heterocycles. The second kappa shape index (κ2) is 7.31. The topological polar surface area (TPSA) is 41.1 Å². The van der Waals surface area contributed by atoms with E-state index in [-0.39, 0.29) is 5.91 Å². The van der Waals surface area contributed by atoms with Gasteiger partial charge in [0.25, 0.3) is 0 Å². The third kappa shape index (κ3) is 3.16. The average Bonchev–Trinajstić information content (AvgIpc) is 2.62. The van der Waals surface area contributed by atoms with Crippen molar-refractivity contribution in [1.29, 1.82) is 0 Å². The molecule has 126 valence electrons. The molecule has 1 unspecified atom stereocenters. The molecular formula is C20H24N2OS. The molecule has 24 heavy (non-hydrogen) atoms. The summed E-state index contributed by atoms with van der Waals surface area (Å²) >= 11 is 1.70. The van der Waals surface area contributed by atoms with Gasteiger partial charge < -0.3 is 10.6 Å². The van der Waals surface area contributed by atoms with E-state index >= 15 is 0 Å². The highest BCUT2D eigenvalue weighted by atomic mass is 32.2. The molecule has 4 heteroatoms. The number of amides is 1. The first-order valence-electron chi connectivity index (χ1n) is 8.57. The Morgan fingerprint density at radius 2 is 1.96 bits per heavy atom. The SMILES string of the molecule is CCCCCC1(c2cccc(NC)c2)Sc2ccccc2NC1=O. The maximum atomic E-state index is 13.1. The molecule has 3 rings (SSSR count). The number of benzene rings is 2. The minimum Gasteiger partial charge on any atom is -0.388 e. The molecule has 2 N–H and O–H groups in total. The van der Waals surface area contributed by atoms with E-state index in [9.17, 15) is 4.79 Å². The zero-order valence-corrected chi connectivity index (χ0v) is 15.1. The minimum absolute atomic E-state index is 0.0931. The molecular weight excluding hydrogens is 316 g/mol. The fraction of sp³-hybridized carbons (Fsp3) is 0.350. The number of carbonyl (C=O) groups is 1. The van der Waals surface area contributed by atoms with Crippen molar-refractivity contribution in [3.05, 3.63) is 54.1 Å². The third-order valence-electron chi connectivity index (χ3n) is 4.54. The molecule has 0 radical (unpaired) electrons. The zero-order chi connectivity index (χ0) is 17.0. The molecule has 2 aromatic carbocycles. The van der Waals surface area contributed by atoms with Gasteiger partial charge >= 0.3 is 0 Å². The van der Waals surface area contributed by atoms with E-state index in [4.69, 9.17) is 0 Å². The lowest BCUT2D eigenvalue weighted by atomic mass is 9.90. The van der Waals surface area contributed by atoms with Gasteiger partial charge in [0.2, 0.25) is 5.91 Å². The molecule has 0 aromatic heterocycles. The van der Waals surface area contributed by atoms with Crippen LogP contribution in [0.1, 0.15) is 38.2 Å². The smallest absolute Gasteiger partial charge is 0.245 e. The maximum Gasteiger partial charge on any atom is 0.245 e. The summed E-state index contributed by atoms with van der Waals surface area (Å²) in [5.41, 5.74) is 3.03. The maximum absolute atomic E-state index is 13.1. The Balaban J connectivity index is 2.04. The van der Waals surface area contributed by atoms with Crippen LogP contribution in [-0.4, -0.2) is 13.0 Å². The molecule has 0 fully saturated rings. The number of anilines is 2. The van der Waals surface area contributed by atoms with Crippen LogP contribution in [0.25, 0.3) is 0 Å². The van der Waals surface area contributed by atoms with Gasteiger partial charge in [-0.3, -0.25) is 4.79 Å². The first-order chi connectivity index (χ1) is 11.7. The van der Waals surface area contributed by atoms with Crippen LogP contribution in [0.4, 0.5) is 11.4 Å². The lowest BCUT2D eigenvalue weighted by Crippen LogP contribution is -2.40. The Labute approximate surface area is 148 Å². The lowest BCUT2D eigenvalue weighted by molar-refractivity contribution is -0.119. The summed E-state index contributed by atoms with van der Waals surface area (Å²) in [5, 5.41) is 6.32. The van der Waals surface area contributed by atoms with Crippen LogP contribution in [0, 0.1) is 0 Å². The van der Waals surface area contributed by atoms with Gasteiger partial charge in [-0.15, -0.1) is 11.8 Å². The van der Waals surface area contributed by atoms with Crippen LogP contribution in [0.5, 0.6) is 0 Å². The van der Waals surface area contributed by atoms with E-state index < -0.39 is 4.75 Å². The molecule has 1 heterocycles. The fourth-order valence-corrected chi connectivity index (χ4v) is 4.55.